The van der Waals surface area contributed by atoms with E-state index < -0.39 is 0 Å². The average molecular weight is 370 g/mol. The second-order valence-electron chi connectivity index (χ2n) is 6.31. The predicted octanol–water partition coefficient (Wildman–Crippen LogP) is 5.59. The number of rotatable bonds is 8. The standard InChI is InChI=1S/C25H22O3/c1-2-18-28-25(24(27)21-16-10-5-11-17-21)22(19-12-6-3-7-13-19)23(26)20-14-8-4-9-15-20/h3-17H,2,18H2,1H3/b25-22+. The van der Waals surface area contributed by atoms with E-state index in [1.54, 1.807) is 48.5 Å². The van der Waals surface area contributed by atoms with Crippen LogP contribution in [0.25, 0.3) is 5.57 Å². The lowest BCUT2D eigenvalue weighted by Crippen LogP contribution is -2.15. The molecule has 28 heavy (non-hydrogen) atoms. The Morgan fingerprint density at radius 2 is 1.07 bits per heavy atom. The van der Waals surface area contributed by atoms with Crippen molar-refractivity contribution in [3.05, 3.63) is 113 Å². The van der Waals surface area contributed by atoms with Crippen LogP contribution in [0.3, 0.4) is 0 Å². The van der Waals surface area contributed by atoms with Crippen molar-refractivity contribution in [3.63, 3.8) is 0 Å². The van der Waals surface area contributed by atoms with Gasteiger partial charge in [-0.2, -0.15) is 0 Å². The maximum absolute atomic E-state index is 13.4. The zero-order valence-corrected chi connectivity index (χ0v) is 15.8. The lowest BCUT2D eigenvalue weighted by molar-refractivity contribution is 0.0909. The summed E-state index contributed by atoms with van der Waals surface area (Å²) in [6.07, 6.45) is 0.729. The van der Waals surface area contributed by atoms with E-state index in [0.717, 1.165) is 6.42 Å². The number of hydrogen-bond acceptors (Lipinski definition) is 3. The van der Waals surface area contributed by atoms with Crippen molar-refractivity contribution in [2.24, 2.45) is 0 Å². The first kappa shape index (κ1) is 19.3. The van der Waals surface area contributed by atoms with E-state index in [0.29, 0.717) is 23.3 Å². The number of hydrogen-bond donors (Lipinski definition) is 0. The number of allylic oxidation sites excluding steroid dienone is 2. The van der Waals surface area contributed by atoms with Gasteiger partial charge in [0.1, 0.15) is 0 Å². The van der Waals surface area contributed by atoms with Gasteiger partial charge in [0.2, 0.25) is 5.78 Å². The predicted molar refractivity (Wildman–Crippen MR) is 111 cm³/mol. The van der Waals surface area contributed by atoms with Crippen molar-refractivity contribution in [1.82, 2.24) is 0 Å². The van der Waals surface area contributed by atoms with E-state index in [4.69, 9.17) is 4.74 Å². The number of benzene rings is 3. The molecular formula is C25H22O3. The van der Waals surface area contributed by atoms with Gasteiger partial charge >= 0.3 is 0 Å². The van der Waals surface area contributed by atoms with Gasteiger partial charge in [0.05, 0.1) is 12.2 Å². The molecule has 0 amide bonds. The number of ether oxygens (including phenoxy) is 1. The Labute approximate surface area is 165 Å². The van der Waals surface area contributed by atoms with Crippen LogP contribution in [0.15, 0.2) is 96.8 Å². The summed E-state index contributed by atoms with van der Waals surface area (Å²) in [5.74, 6) is -0.438. The summed E-state index contributed by atoms with van der Waals surface area (Å²) in [6, 6.07) is 27.1. The number of Topliss-reactive ketones (excluding diaryl/α,β-unsaturated/α-hetero) is 2. The molecule has 0 saturated heterocycles. The molecule has 3 aromatic rings. The summed E-state index contributed by atoms with van der Waals surface area (Å²) in [6.45, 7) is 2.32. The SMILES string of the molecule is CCCO/C(C(=O)c1ccccc1)=C(/C(=O)c1ccccc1)c1ccccc1. The van der Waals surface area contributed by atoms with E-state index in [1.807, 2.05) is 49.4 Å². The largest absolute Gasteiger partial charge is 0.489 e. The second kappa shape index (κ2) is 9.47. The van der Waals surface area contributed by atoms with Gasteiger partial charge in [-0.05, 0) is 12.0 Å². The lowest BCUT2D eigenvalue weighted by Gasteiger charge is -2.16. The molecule has 0 spiro atoms. The summed E-state index contributed by atoms with van der Waals surface area (Å²) in [4.78, 5) is 26.7. The van der Waals surface area contributed by atoms with E-state index in [9.17, 15) is 9.59 Å². The molecule has 0 fully saturated rings. The third kappa shape index (κ3) is 4.44. The normalized spacial score (nSPS) is 11.5. The van der Waals surface area contributed by atoms with Gasteiger partial charge in [0, 0.05) is 11.1 Å². The van der Waals surface area contributed by atoms with Gasteiger partial charge in [0.25, 0.3) is 0 Å². The molecule has 0 aliphatic heterocycles. The van der Waals surface area contributed by atoms with E-state index in [2.05, 4.69) is 0 Å². The molecule has 0 aliphatic rings. The van der Waals surface area contributed by atoms with Crippen LogP contribution in [-0.2, 0) is 4.74 Å². The molecule has 3 heteroatoms. The first-order valence-electron chi connectivity index (χ1n) is 9.34. The Balaban J connectivity index is 2.20. The summed E-state index contributed by atoms with van der Waals surface area (Å²) >= 11 is 0. The molecule has 0 bridgehead atoms. The Hall–Kier alpha value is -3.46. The minimum Gasteiger partial charge on any atom is -0.489 e. The molecule has 0 atom stereocenters. The fourth-order valence-electron chi connectivity index (χ4n) is 2.88. The van der Waals surface area contributed by atoms with Crippen LogP contribution < -0.4 is 0 Å². The van der Waals surface area contributed by atoms with Gasteiger partial charge in [-0.1, -0.05) is 97.9 Å². The number of carbonyl (C=O) groups excluding carboxylic acids is 2. The molecule has 0 heterocycles. The summed E-state index contributed by atoms with van der Waals surface area (Å²) in [5, 5.41) is 0. The highest BCUT2D eigenvalue weighted by molar-refractivity contribution is 6.34. The highest BCUT2D eigenvalue weighted by atomic mass is 16.5. The molecule has 3 aromatic carbocycles. The zero-order valence-electron chi connectivity index (χ0n) is 15.8. The number of ketones is 2. The minimum atomic E-state index is -0.294. The van der Waals surface area contributed by atoms with Gasteiger partial charge in [-0.3, -0.25) is 9.59 Å². The van der Waals surface area contributed by atoms with Gasteiger partial charge in [-0.25, -0.2) is 0 Å². The highest BCUT2D eigenvalue weighted by Crippen LogP contribution is 2.27. The van der Waals surface area contributed by atoms with Gasteiger partial charge < -0.3 is 4.74 Å². The van der Waals surface area contributed by atoms with Gasteiger partial charge in [-0.15, -0.1) is 0 Å². The third-order valence-electron chi connectivity index (χ3n) is 4.25. The van der Waals surface area contributed by atoms with Crippen molar-refractivity contribution in [2.45, 2.75) is 13.3 Å². The lowest BCUT2D eigenvalue weighted by atomic mass is 9.93. The van der Waals surface area contributed by atoms with Crippen molar-refractivity contribution in [3.8, 4) is 0 Å². The number of carbonyl (C=O) groups is 2. The van der Waals surface area contributed by atoms with Crippen LogP contribution in [0, 0.1) is 0 Å². The topological polar surface area (TPSA) is 43.4 Å². The smallest absolute Gasteiger partial charge is 0.228 e. The highest BCUT2D eigenvalue weighted by Gasteiger charge is 2.26. The fourth-order valence-corrected chi connectivity index (χ4v) is 2.88. The van der Waals surface area contributed by atoms with E-state index in [1.165, 1.54) is 0 Å². The van der Waals surface area contributed by atoms with Crippen molar-refractivity contribution in [1.29, 1.82) is 0 Å². The monoisotopic (exact) mass is 370 g/mol. The summed E-state index contributed by atoms with van der Waals surface area (Å²) in [5.41, 5.74) is 1.95. The minimum absolute atomic E-state index is 0.0908. The quantitative estimate of drug-likeness (QED) is 0.295. The third-order valence-corrected chi connectivity index (χ3v) is 4.25. The molecular weight excluding hydrogens is 348 g/mol. The van der Waals surface area contributed by atoms with Crippen LogP contribution in [0.5, 0.6) is 0 Å². The fraction of sp³-hybridized carbons (Fsp3) is 0.120. The van der Waals surface area contributed by atoms with Crippen molar-refractivity contribution >= 4 is 17.1 Å². The first-order chi connectivity index (χ1) is 13.7. The van der Waals surface area contributed by atoms with Crippen LogP contribution in [0.1, 0.15) is 39.6 Å². The van der Waals surface area contributed by atoms with Crippen LogP contribution in [0.2, 0.25) is 0 Å². The van der Waals surface area contributed by atoms with Crippen LogP contribution >= 0.6 is 0 Å². The van der Waals surface area contributed by atoms with E-state index >= 15 is 0 Å². The Bertz CT molecular complexity index is 958. The first-order valence-corrected chi connectivity index (χ1v) is 9.34. The van der Waals surface area contributed by atoms with Crippen LogP contribution in [-0.4, -0.2) is 18.2 Å². The van der Waals surface area contributed by atoms with Crippen molar-refractivity contribution < 1.29 is 14.3 Å². The molecule has 0 aromatic heterocycles. The average Bonchev–Trinajstić information content (AvgIpc) is 2.77. The molecule has 0 radical (unpaired) electrons. The summed E-state index contributed by atoms with van der Waals surface area (Å²) in [7, 11) is 0. The van der Waals surface area contributed by atoms with Crippen molar-refractivity contribution in [2.75, 3.05) is 6.61 Å². The van der Waals surface area contributed by atoms with E-state index in [-0.39, 0.29) is 22.9 Å². The Morgan fingerprint density at radius 1 is 0.643 bits per heavy atom. The molecule has 0 aliphatic carbocycles. The Morgan fingerprint density at radius 3 is 1.54 bits per heavy atom. The molecule has 140 valence electrons. The zero-order chi connectivity index (χ0) is 19.8. The van der Waals surface area contributed by atoms with Gasteiger partial charge in [0.15, 0.2) is 11.5 Å². The molecule has 0 saturated carbocycles. The molecule has 3 rings (SSSR count). The molecule has 0 unspecified atom stereocenters. The Kier molecular flexibility index (Phi) is 6.53. The second-order valence-corrected chi connectivity index (χ2v) is 6.31. The van der Waals surface area contributed by atoms with Crippen LogP contribution in [0.4, 0.5) is 0 Å². The molecule has 3 nitrogen and oxygen atoms in total. The molecule has 0 N–H and O–H groups in total. The maximum Gasteiger partial charge on any atom is 0.228 e. The summed E-state index contributed by atoms with van der Waals surface area (Å²) < 4.78 is 5.88. The maximum atomic E-state index is 13.4.